The van der Waals surface area contributed by atoms with Crippen molar-refractivity contribution in [1.82, 2.24) is 19.9 Å². The fraction of sp³-hybridized carbons (Fsp3) is 0.400. The van der Waals surface area contributed by atoms with E-state index in [2.05, 4.69) is 26.8 Å². The first-order valence-electron chi connectivity index (χ1n) is 9.73. The number of nitrogen functional groups attached to an aromatic ring is 1. The van der Waals surface area contributed by atoms with Crippen molar-refractivity contribution < 1.29 is 0 Å². The third-order valence-corrected chi connectivity index (χ3v) is 6.80. The first-order chi connectivity index (χ1) is 14.0. The van der Waals surface area contributed by atoms with Gasteiger partial charge in [0.1, 0.15) is 22.2 Å². The zero-order valence-corrected chi connectivity index (χ0v) is 17.9. The molecule has 3 aromatic rings. The molecule has 0 saturated carbocycles. The van der Waals surface area contributed by atoms with Crippen LogP contribution in [0.2, 0.25) is 5.02 Å². The molecule has 0 amide bonds. The van der Waals surface area contributed by atoms with Gasteiger partial charge in [-0.2, -0.15) is 0 Å². The van der Waals surface area contributed by atoms with E-state index in [-0.39, 0.29) is 5.54 Å². The summed E-state index contributed by atoms with van der Waals surface area (Å²) in [6, 6.07) is 5.67. The second kappa shape index (κ2) is 8.30. The van der Waals surface area contributed by atoms with Crippen LogP contribution in [0.25, 0.3) is 11.2 Å². The van der Waals surface area contributed by atoms with Gasteiger partial charge in [0, 0.05) is 29.7 Å². The van der Waals surface area contributed by atoms with Gasteiger partial charge in [0.25, 0.3) is 0 Å². The third kappa shape index (κ3) is 4.39. The van der Waals surface area contributed by atoms with Crippen molar-refractivity contribution in [2.75, 3.05) is 23.7 Å². The van der Waals surface area contributed by atoms with Gasteiger partial charge in [0.2, 0.25) is 0 Å². The van der Waals surface area contributed by atoms with E-state index in [0.29, 0.717) is 16.5 Å². The van der Waals surface area contributed by atoms with E-state index in [9.17, 15) is 0 Å². The second-order valence-corrected chi connectivity index (χ2v) is 8.87. The molecule has 0 aliphatic carbocycles. The number of fused-ring (bicyclic) bond motifs is 1. The predicted octanol–water partition coefficient (Wildman–Crippen LogP) is 3.90. The van der Waals surface area contributed by atoms with Crippen LogP contribution in [0, 0.1) is 0 Å². The molecule has 0 spiro atoms. The lowest BCUT2D eigenvalue weighted by molar-refractivity contribution is 0.309. The number of hydrogen-bond donors (Lipinski definition) is 2. The van der Waals surface area contributed by atoms with E-state index in [0.717, 1.165) is 60.0 Å². The Kier molecular flexibility index (Phi) is 5.76. The number of rotatable bonds is 5. The molecule has 0 unspecified atom stereocenters. The van der Waals surface area contributed by atoms with E-state index in [1.54, 1.807) is 12.4 Å². The first-order valence-corrected chi connectivity index (χ1v) is 10.9. The number of nitrogens with two attached hydrogens (primary N) is 2. The van der Waals surface area contributed by atoms with E-state index >= 15 is 0 Å². The fourth-order valence-corrected chi connectivity index (χ4v) is 4.69. The Morgan fingerprint density at radius 3 is 2.72 bits per heavy atom. The van der Waals surface area contributed by atoms with Crippen molar-refractivity contribution in [3.05, 3.63) is 35.6 Å². The molecule has 0 radical (unpaired) electrons. The molecule has 4 heterocycles. The SMILES string of the molecule is CCCC1(N)CCN(c2cnc3nc(Sc4ccnc(N)c4Cl)ccc3n2)CC1. The highest BCUT2D eigenvalue weighted by atomic mass is 35.5. The second-order valence-electron chi connectivity index (χ2n) is 7.43. The summed E-state index contributed by atoms with van der Waals surface area (Å²) in [6.07, 6.45) is 7.57. The molecule has 4 rings (SSSR count). The van der Waals surface area contributed by atoms with Gasteiger partial charge in [-0.3, -0.25) is 0 Å². The molecule has 1 saturated heterocycles. The minimum Gasteiger partial charge on any atom is -0.382 e. The summed E-state index contributed by atoms with van der Waals surface area (Å²) in [6.45, 7) is 3.99. The van der Waals surface area contributed by atoms with Gasteiger partial charge < -0.3 is 16.4 Å². The zero-order valence-electron chi connectivity index (χ0n) is 16.3. The Morgan fingerprint density at radius 2 is 1.97 bits per heavy atom. The Balaban J connectivity index is 1.51. The summed E-state index contributed by atoms with van der Waals surface area (Å²) in [5.74, 6) is 1.19. The van der Waals surface area contributed by atoms with Crippen LogP contribution < -0.4 is 16.4 Å². The monoisotopic (exact) mass is 429 g/mol. The number of aromatic nitrogens is 4. The van der Waals surface area contributed by atoms with Gasteiger partial charge in [-0.15, -0.1) is 0 Å². The minimum absolute atomic E-state index is 0.0408. The Hall–Kier alpha value is -2.16. The van der Waals surface area contributed by atoms with Crippen molar-refractivity contribution in [2.24, 2.45) is 5.73 Å². The lowest BCUT2D eigenvalue weighted by Crippen LogP contribution is -2.50. The third-order valence-electron chi connectivity index (χ3n) is 5.29. The molecule has 4 N–H and O–H groups in total. The first kappa shape index (κ1) is 20.1. The molecule has 1 aliphatic rings. The molecule has 1 fully saturated rings. The highest BCUT2D eigenvalue weighted by Crippen LogP contribution is 2.35. The average Bonchev–Trinajstić information content (AvgIpc) is 2.72. The molecule has 0 bridgehead atoms. The van der Waals surface area contributed by atoms with E-state index in [1.807, 2.05) is 18.2 Å². The van der Waals surface area contributed by atoms with Gasteiger partial charge in [-0.1, -0.05) is 36.7 Å². The van der Waals surface area contributed by atoms with Crippen LogP contribution in [0.5, 0.6) is 0 Å². The smallest absolute Gasteiger partial charge is 0.179 e. The number of pyridine rings is 2. The highest BCUT2D eigenvalue weighted by Gasteiger charge is 2.30. The van der Waals surface area contributed by atoms with Crippen molar-refractivity contribution >= 4 is 46.2 Å². The summed E-state index contributed by atoms with van der Waals surface area (Å²) in [5, 5.41) is 1.21. The molecule has 0 aromatic carbocycles. The lowest BCUT2D eigenvalue weighted by Gasteiger charge is -2.39. The van der Waals surface area contributed by atoms with Crippen LogP contribution in [0.4, 0.5) is 11.6 Å². The lowest BCUT2D eigenvalue weighted by atomic mass is 9.84. The predicted molar refractivity (Wildman–Crippen MR) is 118 cm³/mol. The number of nitrogens with zero attached hydrogens (tertiary/aromatic N) is 5. The van der Waals surface area contributed by atoms with Gasteiger partial charge in [-0.25, -0.2) is 19.9 Å². The van der Waals surface area contributed by atoms with Crippen molar-refractivity contribution in [1.29, 1.82) is 0 Å². The van der Waals surface area contributed by atoms with Crippen molar-refractivity contribution in [3.8, 4) is 0 Å². The van der Waals surface area contributed by atoms with Gasteiger partial charge in [0.05, 0.1) is 11.2 Å². The maximum absolute atomic E-state index is 6.50. The molecular weight excluding hydrogens is 406 g/mol. The normalized spacial score (nSPS) is 16.3. The summed E-state index contributed by atoms with van der Waals surface area (Å²) >= 11 is 7.65. The van der Waals surface area contributed by atoms with Crippen LogP contribution in [0.1, 0.15) is 32.6 Å². The standard InChI is InChI=1S/C20H24ClN7S/c1-2-6-20(23)7-10-28(11-8-20)15-12-25-19-13(26-15)3-4-16(27-19)29-14-5-9-24-18(22)17(14)21/h3-5,9,12H,2,6-8,10-11,23H2,1H3,(H2,22,24). The molecule has 1 aliphatic heterocycles. The van der Waals surface area contributed by atoms with Crippen LogP contribution in [0.3, 0.4) is 0 Å². The highest BCUT2D eigenvalue weighted by molar-refractivity contribution is 7.99. The van der Waals surface area contributed by atoms with Crippen LogP contribution >= 0.6 is 23.4 Å². The van der Waals surface area contributed by atoms with Crippen molar-refractivity contribution in [3.63, 3.8) is 0 Å². The molecule has 7 nitrogen and oxygen atoms in total. The summed E-state index contributed by atoms with van der Waals surface area (Å²) in [7, 11) is 0. The summed E-state index contributed by atoms with van der Waals surface area (Å²) in [5.41, 5.74) is 13.6. The fourth-order valence-electron chi connectivity index (χ4n) is 3.65. The van der Waals surface area contributed by atoms with Crippen LogP contribution in [-0.4, -0.2) is 38.6 Å². The number of piperidine rings is 1. The molecule has 3 aromatic heterocycles. The van der Waals surface area contributed by atoms with Gasteiger partial charge in [-0.05, 0) is 37.5 Å². The van der Waals surface area contributed by atoms with E-state index in [1.165, 1.54) is 11.8 Å². The Labute approximate surface area is 179 Å². The maximum atomic E-state index is 6.50. The van der Waals surface area contributed by atoms with E-state index < -0.39 is 0 Å². The van der Waals surface area contributed by atoms with E-state index in [4.69, 9.17) is 28.1 Å². The quantitative estimate of drug-likeness (QED) is 0.628. The number of anilines is 2. The Bertz CT molecular complexity index is 1020. The number of halogens is 1. The van der Waals surface area contributed by atoms with Crippen LogP contribution in [-0.2, 0) is 0 Å². The number of hydrogen-bond acceptors (Lipinski definition) is 8. The Morgan fingerprint density at radius 1 is 1.17 bits per heavy atom. The largest absolute Gasteiger partial charge is 0.382 e. The summed E-state index contributed by atoms with van der Waals surface area (Å²) in [4.78, 5) is 21.0. The molecular formula is C20H24ClN7S. The zero-order chi connectivity index (χ0) is 20.4. The van der Waals surface area contributed by atoms with Gasteiger partial charge >= 0.3 is 0 Å². The van der Waals surface area contributed by atoms with Crippen LogP contribution in [0.15, 0.2) is 40.5 Å². The molecule has 152 valence electrons. The minimum atomic E-state index is -0.0408. The average molecular weight is 430 g/mol. The molecule has 29 heavy (non-hydrogen) atoms. The van der Waals surface area contributed by atoms with Crippen molar-refractivity contribution in [2.45, 2.75) is 48.1 Å². The van der Waals surface area contributed by atoms with Gasteiger partial charge in [0.15, 0.2) is 5.65 Å². The topological polar surface area (TPSA) is 107 Å². The maximum Gasteiger partial charge on any atom is 0.179 e. The molecule has 9 heteroatoms. The molecule has 0 atom stereocenters. The summed E-state index contributed by atoms with van der Waals surface area (Å²) < 4.78 is 0.